The third-order valence-electron chi connectivity index (χ3n) is 2.96. The molecular weight excluding hydrogens is 242 g/mol. The molecule has 0 spiro atoms. The Kier molecular flexibility index (Phi) is 5.36. The van der Waals surface area contributed by atoms with Crippen molar-refractivity contribution in [1.82, 2.24) is 4.90 Å². The number of carbonyl (C=O) groups excluding carboxylic acids is 1. The van der Waals surface area contributed by atoms with Gasteiger partial charge in [0.15, 0.2) is 0 Å². The molecule has 4 heteroatoms. The lowest BCUT2D eigenvalue weighted by molar-refractivity contribution is 0.0281. The number of ether oxygens (including phenoxy) is 1. The normalized spacial score (nSPS) is 12.9. The molecule has 0 heterocycles. The van der Waals surface area contributed by atoms with Crippen LogP contribution in [0.1, 0.15) is 26.3 Å². The molecule has 0 radical (unpaired) electrons. The third kappa shape index (κ3) is 5.30. The summed E-state index contributed by atoms with van der Waals surface area (Å²) in [6, 6.07) is 9.51. The highest BCUT2D eigenvalue weighted by atomic mass is 16.6. The van der Waals surface area contributed by atoms with Crippen molar-refractivity contribution in [2.45, 2.75) is 33.5 Å². The molecule has 1 atom stereocenters. The molecule has 1 rings (SSSR count). The highest BCUT2D eigenvalue weighted by Gasteiger charge is 2.25. The fourth-order valence-electron chi connectivity index (χ4n) is 1.44. The molecule has 1 N–H and O–H groups in total. The molecule has 0 fully saturated rings. The van der Waals surface area contributed by atoms with Gasteiger partial charge in [-0.05, 0) is 11.0 Å². The first kappa shape index (κ1) is 15.5. The minimum Gasteiger partial charge on any atom is -0.445 e. The van der Waals surface area contributed by atoms with E-state index in [1.807, 2.05) is 51.1 Å². The van der Waals surface area contributed by atoms with Crippen molar-refractivity contribution < 1.29 is 14.6 Å². The van der Waals surface area contributed by atoms with E-state index in [1.165, 1.54) is 4.90 Å². The summed E-state index contributed by atoms with van der Waals surface area (Å²) in [7, 11) is 1.63. The third-order valence-corrected chi connectivity index (χ3v) is 2.96. The summed E-state index contributed by atoms with van der Waals surface area (Å²) in [6.07, 6.45) is -1.01. The summed E-state index contributed by atoms with van der Waals surface area (Å²) < 4.78 is 5.18. The summed E-state index contributed by atoms with van der Waals surface area (Å²) in [5, 5.41) is 9.94. The van der Waals surface area contributed by atoms with Crippen molar-refractivity contribution in [3.63, 3.8) is 0 Å². The Morgan fingerprint density at radius 2 is 1.89 bits per heavy atom. The van der Waals surface area contributed by atoms with Crippen LogP contribution in [0.4, 0.5) is 4.79 Å². The fraction of sp³-hybridized carbons (Fsp3) is 0.533. The Labute approximate surface area is 115 Å². The maximum Gasteiger partial charge on any atom is 0.409 e. The van der Waals surface area contributed by atoms with E-state index in [1.54, 1.807) is 7.05 Å². The number of likely N-dealkylation sites (N-methyl/N-ethyl adjacent to an activating group) is 1. The molecule has 0 saturated heterocycles. The first-order valence-corrected chi connectivity index (χ1v) is 6.40. The van der Waals surface area contributed by atoms with Gasteiger partial charge in [-0.2, -0.15) is 0 Å². The molecule has 0 aliphatic heterocycles. The van der Waals surface area contributed by atoms with Gasteiger partial charge in [0.1, 0.15) is 6.61 Å². The molecule has 4 nitrogen and oxygen atoms in total. The highest BCUT2D eigenvalue weighted by molar-refractivity contribution is 5.67. The van der Waals surface area contributed by atoms with E-state index in [2.05, 4.69) is 0 Å². The zero-order valence-electron chi connectivity index (χ0n) is 12.1. The highest BCUT2D eigenvalue weighted by Crippen LogP contribution is 2.19. The van der Waals surface area contributed by atoms with Crippen molar-refractivity contribution in [3.05, 3.63) is 35.9 Å². The Balaban J connectivity index is 2.41. The molecule has 106 valence electrons. The summed E-state index contributed by atoms with van der Waals surface area (Å²) in [4.78, 5) is 13.2. The van der Waals surface area contributed by atoms with Crippen LogP contribution in [0.5, 0.6) is 0 Å². The summed E-state index contributed by atoms with van der Waals surface area (Å²) in [5.74, 6) is 0. The molecule has 1 amide bonds. The number of hydrogen-bond acceptors (Lipinski definition) is 3. The average molecular weight is 265 g/mol. The molecule has 0 saturated carbocycles. The van der Waals surface area contributed by atoms with Gasteiger partial charge in [-0.25, -0.2) is 4.79 Å². The second kappa shape index (κ2) is 6.57. The fourth-order valence-corrected chi connectivity index (χ4v) is 1.44. The molecule has 0 aliphatic carbocycles. The van der Waals surface area contributed by atoms with Crippen LogP contribution in [0.25, 0.3) is 0 Å². The zero-order chi connectivity index (χ0) is 14.5. The Hall–Kier alpha value is -1.55. The molecule has 0 aliphatic rings. The van der Waals surface area contributed by atoms with Gasteiger partial charge in [-0.1, -0.05) is 51.1 Å². The molecule has 1 unspecified atom stereocenters. The largest absolute Gasteiger partial charge is 0.445 e. The van der Waals surface area contributed by atoms with Gasteiger partial charge in [0, 0.05) is 7.05 Å². The summed E-state index contributed by atoms with van der Waals surface area (Å²) in [6.45, 7) is 6.30. The van der Waals surface area contributed by atoms with Gasteiger partial charge in [0.05, 0.1) is 12.6 Å². The first-order valence-electron chi connectivity index (χ1n) is 6.40. The standard InChI is InChI=1S/C15H23NO3/c1-15(2,3)13(17)10-16(4)14(18)19-11-12-8-6-5-7-9-12/h5-9,13,17H,10-11H2,1-4H3. The molecule has 0 aromatic heterocycles. The van der Waals surface area contributed by atoms with E-state index < -0.39 is 12.2 Å². The lowest BCUT2D eigenvalue weighted by atomic mass is 9.89. The number of amides is 1. The van der Waals surface area contributed by atoms with Crippen LogP contribution in [0.2, 0.25) is 0 Å². The SMILES string of the molecule is CN(CC(O)C(C)(C)C)C(=O)OCc1ccccc1. The second-order valence-electron chi connectivity index (χ2n) is 5.80. The average Bonchev–Trinajstić information content (AvgIpc) is 2.35. The smallest absolute Gasteiger partial charge is 0.409 e. The molecular formula is C15H23NO3. The lowest BCUT2D eigenvalue weighted by Crippen LogP contribution is -2.40. The van der Waals surface area contributed by atoms with Gasteiger partial charge in [0.2, 0.25) is 0 Å². The van der Waals surface area contributed by atoms with Crippen molar-refractivity contribution >= 4 is 6.09 Å². The number of nitrogens with zero attached hydrogens (tertiary/aromatic N) is 1. The number of carbonyl (C=O) groups is 1. The van der Waals surface area contributed by atoms with Crippen molar-refractivity contribution in [3.8, 4) is 0 Å². The molecule has 1 aromatic rings. The predicted octanol–water partition coefficient (Wildman–Crippen LogP) is 2.66. The van der Waals surface area contributed by atoms with E-state index in [9.17, 15) is 9.90 Å². The van der Waals surface area contributed by atoms with Gasteiger partial charge < -0.3 is 14.7 Å². The van der Waals surface area contributed by atoms with E-state index >= 15 is 0 Å². The minimum absolute atomic E-state index is 0.246. The lowest BCUT2D eigenvalue weighted by Gasteiger charge is -2.29. The van der Waals surface area contributed by atoms with Crippen LogP contribution in [0.3, 0.4) is 0 Å². The van der Waals surface area contributed by atoms with Crippen LogP contribution in [0.15, 0.2) is 30.3 Å². The summed E-state index contributed by atoms with van der Waals surface area (Å²) >= 11 is 0. The number of hydrogen-bond donors (Lipinski definition) is 1. The van der Waals surface area contributed by atoms with Crippen LogP contribution < -0.4 is 0 Å². The number of aliphatic hydroxyl groups is 1. The second-order valence-corrected chi connectivity index (χ2v) is 5.80. The molecule has 0 bridgehead atoms. The topological polar surface area (TPSA) is 49.8 Å². The zero-order valence-corrected chi connectivity index (χ0v) is 12.1. The maximum absolute atomic E-state index is 11.8. The molecule has 19 heavy (non-hydrogen) atoms. The van der Waals surface area contributed by atoms with E-state index in [-0.39, 0.29) is 18.6 Å². The van der Waals surface area contributed by atoms with Gasteiger partial charge >= 0.3 is 6.09 Å². The van der Waals surface area contributed by atoms with Gasteiger partial charge in [-0.3, -0.25) is 0 Å². The monoisotopic (exact) mass is 265 g/mol. The number of benzene rings is 1. The van der Waals surface area contributed by atoms with Crippen molar-refractivity contribution in [1.29, 1.82) is 0 Å². The number of rotatable bonds is 4. The maximum atomic E-state index is 11.8. The van der Waals surface area contributed by atoms with E-state index in [0.717, 1.165) is 5.56 Å². The van der Waals surface area contributed by atoms with E-state index in [0.29, 0.717) is 0 Å². The van der Waals surface area contributed by atoms with Crippen LogP contribution in [-0.4, -0.2) is 35.8 Å². The Bertz CT molecular complexity index is 398. The molecule has 1 aromatic carbocycles. The predicted molar refractivity (Wildman–Crippen MR) is 74.7 cm³/mol. The minimum atomic E-state index is -0.582. The number of aliphatic hydroxyl groups excluding tert-OH is 1. The van der Waals surface area contributed by atoms with Crippen LogP contribution in [0, 0.1) is 5.41 Å². The van der Waals surface area contributed by atoms with E-state index in [4.69, 9.17) is 4.74 Å². The van der Waals surface area contributed by atoms with Gasteiger partial charge in [0.25, 0.3) is 0 Å². The Morgan fingerprint density at radius 3 is 2.42 bits per heavy atom. The van der Waals surface area contributed by atoms with Gasteiger partial charge in [-0.15, -0.1) is 0 Å². The van der Waals surface area contributed by atoms with Crippen LogP contribution >= 0.6 is 0 Å². The van der Waals surface area contributed by atoms with Crippen molar-refractivity contribution in [2.75, 3.05) is 13.6 Å². The van der Waals surface area contributed by atoms with Crippen molar-refractivity contribution in [2.24, 2.45) is 5.41 Å². The first-order chi connectivity index (χ1) is 8.80. The van der Waals surface area contributed by atoms with Crippen LogP contribution in [-0.2, 0) is 11.3 Å². The summed E-state index contributed by atoms with van der Waals surface area (Å²) in [5.41, 5.74) is 0.689. The quantitative estimate of drug-likeness (QED) is 0.910. The Morgan fingerprint density at radius 1 is 1.32 bits per heavy atom.